The first-order chi connectivity index (χ1) is 12.8. The summed E-state index contributed by atoms with van der Waals surface area (Å²) in [7, 11) is 0. The molecule has 0 bridgehead atoms. The maximum atomic E-state index is 11.4. The van der Waals surface area contributed by atoms with Crippen LogP contribution in [0.5, 0.6) is 5.75 Å². The van der Waals surface area contributed by atoms with Gasteiger partial charge in [0.25, 0.3) is 0 Å². The fourth-order valence-electron chi connectivity index (χ4n) is 3.40. The van der Waals surface area contributed by atoms with E-state index >= 15 is 0 Å². The van der Waals surface area contributed by atoms with E-state index in [1.807, 2.05) is 31.2 Å². The van der Waals surface area contributed by atoms with Crippen LogP contribution < -0.4 is 4.74 Å². The molecule has 0 amide bonds. The van der Waals surface area contributed by atoms with Gasteiger partial charge in [0.1, 0.15) is 11.4 Å². The third kappa shape index (κ3) is 4.84. The molecule has 3 rings (SSSR count). The van der Waals surface area contributed by atoms with Gasteiger partial charge in [0.05, 0.1) is 12.5 Å². The summed E-state index contributed by atoms with van der Waals surface area (Å²) >= 11 is 0. The molecule has 26 heavy (non-hydrogen) atoms. The lowest BCUT2D eigenvalue weighted by Crippen LogP contribution is -2.20. The SMILES string of the molecule is CCOC(=O)CCCCCCC1=Nc2ccccc2OC2=CC=CCC21. The van der Waals surface area contributed by atoms with Crippen molar-refractivity contribution >= 4 is 17.4 Å². The quantitative estimate of drug-likeness (QED) is 0.457. The Labute approximate surface area is 155 Å². The number of hydrogen-bond acceptors (Lipinski definition) is 4. The first kappa shape index (κ1) is 18.4. The Morgan fingerprint density at radius 3 is 2.96 bits per heavy atom. The number of carbonyl (C=O) groups is 1. The van der Waals surface area contributed by atoms with E-state index in [2.05, 4.69) is 18.2 Å². The predicted molar refractivity (Wildman–Crippen MR) is 104 cm³/mol. The molecule has 0 saturated carbocycles. The molecule has 4 nitrogen and oxygen atoms in total. The fraction of sp³-hybridized carbons (Fsp3) is 0.455. The van der Waals surface area contributed by atoms with Crippen LogP contribution >= 0.6 is 0 Å². The number of aliphatic imine (C=N–C) groups is 1. The van der Waals surface area contributed by atoms with Crippen LogP contribution in [0.15, 0.2) is 53.2 Å². The minimum Gasteiger partial charge on any atom is -0.466 e. The highest BCUT2D eigenvalue weighted by Crippen LogP contribution is 2.37. The van der Waals surface area contributed by atoms with Crippen LogP contribution in [0.4, 0.5) is 5.69 Å². The number of ether oxygens (including phenoxy) is 2. The van der Waals surface area contributed by atoms with Crippen molar-refractivity contribution in [2.24, 2.45) is 10.9 Å². The molecule has 138 valence electrons. The minimum atomic E-state index is -0.0850. The third-order valence-electron chi connectivity index (χ3n) is 4.74. The molecule has 1 aliphatic carbocycles. The number of rotatable bonds is 8. The van der Waals surface area contributed by atoms with Crippen molar-refractivity contribution in [3.8, 4) is 5.75 Å². The molecular formula is C22H27NO3. The van der Waals surface area contributed by atoms with E-state index in [9.17, 15) is 4.79 Å². The van der Waals surface area contributed by atoms with Gasteiger partial charge in [-0.05, 0) is 50.8 Å². The third-order valence-corrected chi connectivity index (χ3v) is 4.74. The van der Waals surface area contributed by atoms with Crippen LogP contribution in [0, 0.1) is 5.92 Å². The molecule has 1 aromatic rings. The summed E-state index contributed by atoms with van der Waals surface area (Å²) in [5, 5.41) is 0. The fourth-order valence-corrected chi connectivity index (χ4v) is 3.40. The molecule has 2 aliphatic rings. The molecule has 0 fully saturated rings. The normalized spacial score (nSPS) is 18.0. The van der Waals surface area contributed by atoms with Crippen molar-refractivity contribution < 1.29 is 14.3 Å². The largest absolute Gasteiger partial charge is 0.466 e. The second-order valence-corrected chi connectivity index (χ2v) is 6.68. The molecule has 1 aliphatic heterocycles. The number of benzene rings is 1. The van der Waals surface area contributed by atoms with Crippen LogP contribution in [0.2, 0.25) is 0 Å². The number of unbranched alkanes of at least 4 members (excludes halogenated alkanes) is 3. The minimum absolute atomic E-state index is 0.0850. The van der Waals surface area contributed by atoms with Gasteiger partial charge in [0.2, 0.25) is 0 Å². The van der Waals surface area contributed by atoms with Crippen molar-refractivity contribution in [1.82, 2.24) is 0 Å². The van der Waals surface area contributed by atoms with Gasteiger partial charge < -0.3 is 9.47 Å². The van der Waals surface area contributed by atoms with Crippen molar-refractivity contribution in [3.63, 3.8) is 0 Å². The maximum Gasteiger partial charge on any atom is 0.305 e. The smallest absolute Gasteiger partial charge is 0.305 e. The lowest BCUT2D eigenvalue weighted by atomic mass is 9.90. The summed E-state index contributed by atoms with van der Waals surface area (Å²) in [4.78, 5) is 16.3. The number of nitrogens with zero attached hydrogens (tertiary/aromatic N) is 1. The molecule has 0 radical (unpaired) electrons. The average molecular weight is 353 g/mol. The van der Waals surface area contributed by atoms with Crippen LogP contribution in [0.1, 0.15) is 51.9 Å². The van der Waals surface area contributed by atoms with E-state index < -0.39 is 0 Å². The van der Waals surface area contributed by atoms with E-state index in [4.69, 9.17) is 14.5 Å². The monoisotopic (exact) mass is 353 g/mol. The number of esters is 1. The lowest BCUT2D eigenvalue weighted by molar-refractivity contribution is -0.143. The van der Waals surface area contributed by atoms with Crippen LogP contribution in [-0.4, -0.2) is 18.3 Å². The van der Waals surface area contributed by atoms with Crippen molar-refractivity contribution in [1.29, 1.82) is 0 Å². The van der Waals surface area contributed by atoms with E-state index in [0.717, 1.165) is 55.7 Å². The summed E-state index contributed by atoms with van der Waals surface area (Å²) in [6.07, 6.45) is 12.9. The second kappa shape index (κ2) is 9.37. The summed E-state index contributed by atoms with van der Waals surface area (Å²) < 4.78 is 11.1. The van der Waals surface area contributed by atoms with E-state index in [-0.39, 0.29) is 11.9 Å². The Morgan fingerprint density at radius 1 is 1.23 bits per heavy atom. The molecule has 1 aromatic carbocycles. The lowest BCUT2D eigenvalue weighted by Gasteiger charge is -2.21. The predicted octanol–water partition coefficient (Wildman–Crippen LogP) is 5.52. The topological polar surface area (TPSA) is 47.9 Å². The van der Waals surface area contributed by atoms with Gasteiger partial charge in [-0.3, -0.25) is 9.79 Å². The van der Waals surface area contributed by atoms with Crippen LogP contribution in [0.3, 0.4) is 0 Å². The number of para-hydroxylation sites is 2. The molecule has 0 aromatic heterocycles. The van der Waals surface area contributed by atoms with E-state index in [1.165, 1.54) is 5.71 Å². The summed E-state index contributed by atoms with van der Waals surface area (Å²) in [6.45, 7) is 2.31. The molecule has 0 spiro atoms. The molecule has 0 saturated heterocycles. The van der Waals surface area contributed by atoms with E-state index in [0.29, 0.717) is 13.0 Å². The van der Waals surface area contributed by atoms with Gasteiger partial charge >= 0.3 is 5.97 Å². The average Bonchev–Trinajstić information content (AvgIpc) is 2.81. The Hall–Kier alpha value is -2.36. The van der Waals surface area contributed by atoms with Crippen LogP contribution in [-0.2, 0) is 9.53 Å². The molecule has 1 atom stereocenters. The zero-order valence-electron chi connectivity index (χ0n) is 15.4. The zero-order chi connectivity index (χ0) is 18.2. The number of carbonyl (C=O) groups excluding carboxylic acids is 1. The standard InChI is InChI=1S/C22H27NO3/c1-2-25-22(24)16-6-4-3-5-12-18-17-11-7-9-14-20(17)26-21-15-10-8-13-19(21)23-18/h7-10,13-15,17H,2-6,11-12,16H2,1H3. The van der Waals surface area contributed by atoms with Gasteiger partial charge in [0.15, 0.2) is 5.75 Å². The van der Waals surface area contributed by atoms with Gasteiger partial charge in [-0.2, -0.15) is 0 Å². The highest BCUT2D eigenvalue weighted by molar-refractivity contribution is 5.92. The first-order valence-corrected chi connectivity index (χ1v) is 9.64. The van der Waals surface area contributed by atoms with Crippen molar-refractivity contribution in [2.75, 3.05) is 6.61 Å². The number of fused-ring (bicyclic) bond motifs is 2. The molecule has 1 unspecified atom stereocenters. The molecule has 4 heteroatoms. The van der Waals surface area contributed by atoms with Gasteiger partial charge in [0, 0.05) is 12.1 Å². The van der Waals surface area contributed by atoms with Gasteiger partial charge in [-0.25, -0.2) is 0 Å². The van der Waals surface area contributed by atoms with Crippen molar-refractivity contribution in [3.05, 3.63) is 48.3 Å². The summed E-state index contributed by atoms with van der Waals surface area (Å²) in [5.41, 5.74) is 2.12. The maximum absolute atomic E-state index is 11.4. The summed E-state index contributed by atoms with van der Waals surface area (Å²) in [5.74, 6) is 1.99. The molecule has 1 heterocycles. The Bertz CT molecular complexity index is 718. The highest BCUT2D eigenvalue weighted by atomic mass is 16.5. The highest BCUT2D eigenvalue weighted by Gasteiger charge is 2.26. The van der Waals surface area contributed by atoms with E-state index in [1.54, 1.807) is 0 Å². The number of hydrogen-bond donors (Lipinski definition) is 0. The second-order valence-electron chi connectivity index (χ2n) is 6.68. The van der Waals surface area contributed by atoms with Gasteiger partial charge in [-0.15, -0.1) is 0 Å². The summed E-state index contributed by atoms with van der Waals surface area (Å²) in [6, 6.07) is 7.98. The van der Waals surface area contributed by atoms with Gasteiger partial charge in [-0.1, -0.05) is 37.1 Å². The van der Waals surface area contributed by atoms with Crippen molar-refractivity contribution in [2.45, 2.75) is 51.9 Å². The Kier molecular flexibility index (Phi) is 6.64. The Balaban J connectivity index is 1.56. The number of allylic oxidation sites excluding steroid dienone is 4. The first-order valence-electron chi connectivity index (χ1n) is 9.64. The zero-order valence-corrected chi connectivity index (χ0v) is 15.4. The Morgan fingerprint density at radius 2 is 2.08 bits per heavy atom. The van der Waals surface area contributed by atoms with Crippen LogP contribution in [0.25, 0.3) is 0 Å². The molecular weight excluding hydrogens is 326 g/mol. The molecule has 0 N–H and O–H groups in total.